The molecule has 0 saturated heterocycles. The Kier molecular flexibility index (Phi) is 3.66. The monoisotopic (exact) mass is 310 g/mol. The van der Waals surface area contributed by atoms with Crippen molar-refractivity contribution in [2.45, 2.75) is 0 Å². The quantitative estimate of drug-likeness (QED) is 0.818. The first kappa shape index (κ1) is 12.6. The molecule has 0 fully saturated rings. The van der Waals surface area contributed by atoms with Gasteiger partial charge in [0.1, 0.15) is 5.82 Å². The number of rotatable bonds is 3. The number of carbonyl (C=O) groups is 1. The highest BCUT2D eigenvalue weighted by atomic mass is 79.9. The number of carbonyl (C=O) groups excluding carboxylic acids is 1. The van der Waals surface area contributed by atoms with Gasteiger partial charge in [-0.05, 0) is 28.1 Å². The number of halogens is 2. The first-order chi connectivity index (χ1) is 8.65. The Morgan fingerprint density at radius 2 is 2.06 bits per heavy atom. The Balaban J connectivity index is 2.55. The number of benzene rings is 1. The molecule has 0 spiro atoms. The molecule has 0 N–H and O–H groups in total. The van der Waals surface area contributed by atoms with Gasteiger partial charge in [0.2, 0.25) is 11.7 Å². The zero-order chi connectivity index (χ0) is 13.1. The predicted molar refractivity (Wildman–Crippen MR) is 66.1 cm³/mol. The molecule has 1 aromatic carbocycles. The Bertz CT molecular complexity index is 584. The van der Waals surface area contributed by atoms with Crippen molar-refractivity contribution in [1.29, 1.82) is 0 Å². The molecule has 2 rings (SSSR count). The molecule has 0 saturated carbocycles. The number of ether oxygens (including phenoxy) is 1. The molecule has 0 aliphatic carbocycles. The van der Waals surface area contributed by atoms with E-state index < -0.39 is 11.6 Å². The van der Waals surface area contributed by atoms with Crippen LogP contribution < -0.4 is 4.74 Å². The van der Waals surface area contributed by atoms with E-state index in [-0.39, 0.29) is 17.1 Å². The second kappa shape index (κ2) is 5.22. The van der Waals surface area contributed by atoms with Crippen molar-refractivity contribution in [3.8, 4) is 5.88 Å². The lowest BCUT2D eigenvalue weighted by Gasteiger charge is -2.07. The summed E-state index contributed by atoms with van der Waals surface area (Å²) in [7, 11) is 1.37. The maximum absolute atomic E-state index is 13.7. The van der Waals surface area contributed by atoms with Crippen molar-refractivity contribution in [1.82, 2.24) is 9.97 Å². The molecule has 92 valence electrons. The van der Waals surface area contributed by atoms with E-state index in [1.807, 2.05) is 0 Å². The second-order valence-corrected chi connectivity index (χ2v) is 4.19. The van der Waals surface area contributed by atoms with Crippen LogP contribution in [0.1, 0.15) is 16.1 Å². The van der Waals surface area contributed by atoms with Crippen LogP contribution in [0.15, 0.2) is 35.1 Å². The van der Waals surface area contributed by atoms with Crippen molar-refractivity contribution in [3.05, 3.63) is 52.1 Å². The predicted octanol–water partition coefficient (Wildman–Crippen LogP) is 2.62. The molecule has 6 heteroatoms. The maximum atomic E-state index is 13.7. The fourth-order valence-electron chi connectivity index (χ4n) is 1.46. The van der Waals surface area contributed by atoms with E-state index in [9.17, 15) is 9.18 Å². The summed E-state index contributed by atoms with van der Waals surface area (Å²) >= 11 is 3.14. The summed E-state index contributed by atoms with van der Waals surface area (Å²) < 4.78 is 19.0. The minimum atomic E-state index is -0.623. The molecule has 0 unspecified atom stereocenters. The molecule has 4 nitrogen and oxygen atoms in total. The highest BCUT2D eigenvalue weighted by molar-refractivity contribution is 9.10. The van der Waals surface area contributed by atoms with E-state index in [0.29, 0.717) is 4.47 Å². The van der Waals surface area contributed by atoms with Crippen LogP contribution in [0, 0.1) is 5.82 Å². The smallest absolute Gasteiger partial charge is 0.243 e. The van der Waals surface area contributed by atoms with Crippen LogP contribution in [-0.2, 0) is 0 Å². The lowest BCUT2D eigenvalue weighted by atomic mass is 10.1. The third-order valence-electron chi connectivity index (χ3n) is 2.26. The number of nitrogens with zero attached hydrogens (tertiary/aromatic N) is 2. The van der Waals surface area contributed by atoms with Gasteiger partial charge in [0, 0.05) is 16.9 Å². The Morgan fingerprint density at radius 3 is 2.72 bits per heavy atom. The molecular formula is C12H8BrFN2O2. The van der Waals surface area contributed by atoms with Gasteiger partial charge in [-0.2, -0.15) is 0 Å². The Morgan fingerprint density at radius 1 is 1.33 bits per heavy atom. The number of ketones is 1. The summed E-state index contributed by atoms with van der Waals surface area (Å²) in [5, 5.41) is 0. The standard InChI is InChI=1S/C12H8BrFN2O2/c1-18-12-10(15-5-6-16-12)11(17)9-7(13)3-2-4-8(9)14/h2-6H,1H3. The minimum Gasteiger partial charge on any atom is -0.479 e. The zero-order valence-corrected chi connectivity index (χ0v) is 10.9. The molecule has 0 amide bonds. The van der Waals surface area contributed by atoms with Gasteiger partial charge in [0.15, 0.2) is 5.69 Å². The largest absolute Gasteiger partial charge is 0.479 e. The molecule has 1 heterocycles. The van der Waals surface area contributed by atoms with Crippen molar-refractivity contribution < 1.29 is 13.9 Å². The van der Waals surface area contributed by atoms with Crippen molar-refractivity contribution in [2.24, 2.45) is 0 Å². The first-order valence-electron chi connectivity index (χ1n) is 4.99. The molecule has 0 aliphatic heterocycles. The molecule has 0 radical (unpaired) electrons. The van der Waals surface area contributed by atoms with Gasteiger partial charge in [-0.3, -0.25) is 4.79 Å². The van der Waals surface area contributed by atoms with Crippen LogP contribution in [0.4, 0.5) is 4.39 Å². The van der Waals surface area contributed by atoms with Crippen molar-refractivity contribution >= 4 is 21.7 Å². The topological polar surface area (TPSA) is 52.1 Å². The SMILES string of the molecule is COc1nccnc1C(=O)c1c(F)cccc1Br. The number of hydrogen-bond donors (Lipinski definition) is 0. The van der Waals surface area contributed by atoms with Gasteiger partial charge in [-0.1, -0.05) is 6.07 Å². The molecule has 18 heavy (non-hydrogen) atoms. The highest BCUT2D eigenvalue weighted by Gasteiger charge is 2.22. The van der Waals surface area contributed by atoms with Crippen LogP contribution in [0.25, 0.3) is 0 Å². The summed E-state index contributed by atoms with van der Waals surface area (Å²) in [6.07, 6.45) is 2.75. The van der Waals surface area contributed by atoms with E-state index in [4.69, 9.17) is 4.74 Å². The molecule has 0 atom stereocenters. The first-order valence-corrected chi connectivity index (χ1v) is 5.78. The highest BCUT2D eigenvalue weighted by Crippen LogP contribution is 2.24. The summed E-state index contributed by atoms with van der Waals surface area (Å²) in [5.74, 6) is -1.13. The van der Waals surface area contributed by atoms with E-state index in [0.717, 1.165) is 0 Å². The van der Waals surface area contributed by atoms with Gasteiger partial charge in [-0.25, -0.2) is 14.4 Å². The average Bonchev–Trinajstić information content (AvgIpc) is 2.38. The molecular weight excluding hydrogens is 303 g/mol. The van der Waals surface area contributed by atoms with Gasteiger partial charge in [0.25, 0.3) is 0 Å². The molecule has 1 aromatic heterocycles. The zero-order valence-electron chi connectivity index (χ0n) is 9.35. The van der Waals surface area contributed by atoms with Gasteiger partial charge >= 0.3 is 0 Å². The number of aromatic nitrogens is 2. The van der Waals surface area contributed by atoms with Crippen molar-refractivity contribution in [3.63, 3.8) is 0 Å². The maximum Gasteiger partial charge on any atom is 0.243 e. The summed E-state index contributed by atoms with van der Waals surface area (Å²) in [4.78, 5) is 20.0. The van der Waals surface area contributed by atoms with Crippen LogP contribution >= 0.6 is 15.9 Å². The Hall–Kier alpha value is -1.82. The van der Waals surface area contributed by atoms with Gasteiger partial charge in [-0.15, -0.1) is 0 Å². The fourth-order valence-corrected chi connectivity index (χ4v) is 1.99. The third kappa shape index (κ3) is 2.24. The fraction of sp³-hybridized carbons (Fsp3) is 0.0833. The number of hydrogen-bond acceptors (Lipinski definition) is 4. The Labute approximate surface area is 111 Å². The van der Waals surface area contributed by atoms with Crippen LogP contribution in [0.2, 0.25) is 0 Å². The van der Waals surface area contributed by atoms with E-state index in [1.54, 1.807) is 6.07 Å². The lowest BCUT2D eigenvalue weighted by molar-refractivity contribution is 0.102. The molecule has 2 aromatic rings. The second-order valence-electron chi connectivity index (χ2n) is 3.34. The molecule has 0 bridgehead atoms. The molecule has 0 aliphatic rings. The van der Waals surface area contributed by atoms with E-state index >= 15 is 0 Å². The van der Waals surface area contributed by atoms with Crippen LogP contribution in [0.3, 0.4) is 0 Å². The van der Waals surface area contributed by atoms with Crippen LogP contribution in [-0.4, -0.2) is 22.9 Å². The van der Waals surface area contributed by atoms with Crippen LogP contribution in [0.5, 0.6) is 5.88 Å². The van der Waals surface area contributed by atoms with Crippen molar-refractivity contribution in [2.75, 3.05) is 7.11 Å². The lowest BCUT2D eigenvalue weighted by Crippen LogP contribution is -2.10. The van der Waals surface area contributed by atoms with E-state index in [1.165, 1.54) is 31.6 Å². The number of methoxy groups -OCH3 is 1. The van der Waals surface area contributed by atoms with Gasteiger partial charge in [0.05, 0.1) is 12.7 Å². The average molecular weight is 311 g/mol. The summed E-state index contributed by atoms with van der Waals surface area (Å²) in [5.41, 5.74) is -0.109. The summed E-state index contributed by atoms with van der Waals surface area (Å²) in [6, 6.07) is 4.30. The van der Waals surface area contributed by atoms with Gasteiger partial charge < -0.3 is 4.74 Å². The minimum absolute atomic E-state index is 0.0224. The third-order valence-corrected chi connectivity index (χ3v) is 2.92. The van der Waals surface area contributed by atoms with E-state index in [2.05, 4.69) is 25.9 Å². The summed E-state index contributed by atoms with van der Waals surface area (Å²) in [6.45, 7) is 0. The normalized spacial score (nSPS) is 10.2.